The van der Waals surface area contributed by atoms with Gasteiger partial charge in [-0.25, -0.2) is 13.2 Å². The van der Waals surface area contributed by atoms with Crippen molar-refractivity contribution >= 4 is 5.97 Å². The maximum absolute atomic E-state index is 13.5. The van der Waals surface area contributed by atoms with E-state index < -0.39 is 47.2 Å². The van der Waals surface area contributed by atoms with Gasteiger partial charge in [0.25, 0.3) is 0 Å². The van der Waals surface area contributed by atoms with Crippen LogP contribution in [0.4, 0.5) is 22.0 Å². The van der Waals surface area contributed by atoms with Crippen LogP contribution in [0.15, 0.2) is 24.3 Å². The van der Waals surface area contributed by atoms with Crippen LogP contribution in [0.2, 0.25) is 0 Å². The Labute approximate surface area is 220 Å². The summed E-state index contributed by atoms with van der Waals surface area (Å²) in [6.45, 7) is 2.99. The average molecular weight is 547 g/mol. The molecule has 0 spiro atoms. The number of halogens is 5. The van der Waals surface area contributed by atoms with Gasteiger partial charge >= 0.3 is 5.97 Å². The summed E-state index contributed by atoms with van der Waals surface area (Å²) in [5, 5.41) is 0. The largest absolute Gasteiger partial charge is 0.491 e. The molecule has 0 atom stereocenters. The van der Waals surface area contributed by atoms with Gasteiger partial charge < -0.3 is 18.9 Å². The van der Waals surface area contributed by atoms with Crippen molar-refractivity contribution in [2.75, 3.05) is 33.0 Å². The molecule has 2 rings (SSSR count). The highest BCUT2D eigenvalue weighted by atomic mass is 19.2. The quantitative estimate of drug-likeness (QED) is 0.0471. The molecule has 0 aliphatic rings. The lowest BCUT2D eigenvalue weighted by atomic mass is 10.0. The third-order valence-electron chi connectivity index (χ3n) is 5.70. The van der Waals surface area contributed by atoms with Crippen molar-refractivity contribution < 1.29 is 45.7 Å². The highest BCUT2D eigenvalue weighted by Crippen LogP contribution is 2.29. The molecule has 0 amide bonds. The molecule has 0 radical (unpaired) electrons. The Morgan fingerprint density at radius 1 is 0.658 bits per heavy atom. The molecule has 0 bridgehead atoms. The first-order chi connectivity index (χ1) is 18.3. The van der Waals surface area contributed by atoms with Crippen molar-refractivity contribution in [2.45, 2.75) is 64.7 Å². The van der Waals surface area contributed by atoms with Crippen molar-refractivity contribution in [1.82, 2.24) is 0 Å². The van der Waals surface area contributed by atoms with Crippen LogP contribution in [0, 0.1) is 29.1 Å². The van der Waals surface area contributed by atoms with Gasteiger partial charge in [-0.15, -0.1) is 0 Å². The molecule has 38 heavy (non-hydrogen) atoms. The minimum atomic E-state index is -2.33. The first kappa shape index (κ1) is 31.5. The second kappa shape index (κ2) is 17.7. The smallest absolute Gasteiger partial charge is 0.313 e. The van der Waals surface area contributed by atoms with Crippen molar-refractivity contribution in [2.24, 2.45) is 0 Å². The first-order valence-corrected chi connectivity index (χ1v) is 12.9. The monoisotopic (exact) mass is 546 g/mol. The van der Waals surface area contributed by atoms with Crippen molar-refractivity contribution in [3.63, 3.8) is 0 Å². The van der Waals surface area contributed by atoms with Crippen LogP contribution in [-0.4, -0.2) is 39.0 Å². The Morgan fingerprint density at radius 3 is 1.82 bits per heavy atom. The Kier molecular flexibility index (Phi) is 14.7. The van der Waals surface area contributed by atoms with E-state index in [1.54, 1.807) is 0 Å². The second-order valence-electron chi connectivity index (χ2n) is 8.71. The maximum atomic E-state index is 13.5. The number of esters is 1. The van der Waals surface area contributed by atoms with Crippen LogP contribution >= 0.6 is 0 Å². The molecule has 0 fully saturated rings. The van der Waals surface area contributed by atoms with Crippen molar-refractivity contribution in [3.8, 4) is 11.5 Å². The molecule has 0 N–H and O–H groups in total. The molecule has 0 aliphatic heterocycles. The highest BCUT2D eigenvalue weighted by molar-refractivity contribution is 5.72. The summed E-state index contributed by atoms with van der Waals surface area (Å²) < 4.78 is 86.8. The number of unbranched alkanes of at least 4 members (excludes halogenated alkanes) is 6. The molecular weight excluding hydrogens is 511 g/mol. The average Bonchev–Trinajstić information content (AvgIpc) is 2.92. The third kappa shape index (κ3) is 10.9. The van der Waals surface area contributed by atoms with E-state index >= 15 is 0 Å². The van der Waals surface area contributed by atoms with Gasteiger partial charge in [-0.3, -0.25) is 4.79 Å². The van der Waals surface area contributed by atoms with Crippen molar-refractivity contribution in [1.29, 1.82) is 0 Å². The molecule has 0 saturated heterocycles. The molecule has 2 aromatic carbocycles. The molecule has 5 nitrogen and oxygen atoms in total. The zero-order chi connectivity index (χ0) is 27.8. The van der Waals surface area contributed by atoms with E-state index in [2.05, 4.69) is 23.8 Å². The summed E-state index contributed by atoms with van der Waals surface area (Å²) >= 11 is 0. The zero-order valence-corrected chi connectivity index (χ0v) is 21.6. The van der Waals surface area contributed by atoms with Gasteiger partial charge in [0, 0.05) is 0 Å². The summed E-state index contributed by atoms with van der Waals surface area (Å²) in [4.78, 5) is 11.6. The molecule has 0 aliphatic carbocycles. The van der Waals surface area contributed by atoms with Gasteiger partial charge in [0.05, 0.1) is 32.8 Å². The number of hydrogen-bond donors (Lipinski definition) is 0. The van der Waals surface area contributed by atoms with Gasteiger partial charge in [0.2, 0.25) is 34.8 Å². The fourth-order valence-corrected chi connectivity index (χ4v) is 3.57. The predicted molar refractivity (Wildman–Crippen MR) is 132 cm³/mol. The van der Waals surface area contributed by atoms with Crippen LogP contribution in [0.1, 0.15) is 63.9 Å². The molecule has 0 aromatic heterocycles. The Morgan fingerprint density at radius 2 is 1.18 bits per heavy atom. The molecule has 0 unspecified atom stereocenters. The maximum Gasteiger partial charge on any atom is 0.313 e. The summed E-state index contributed by atoms with van der Waals surface area (Å²) in [5.74, 6) is -13.3. The Bertz CT molecular complexity index is 956. The summed E-state index contributed by atoms with van der Waals surface area (Å²) in [6, 6.07) is 8.01. The zero-order valence-electron chi connectivity index (χ0n) is 21.6. The first-order valence-electron chi connectivity index (χ1n) is 12.9. The number of ether oxygens (including phenoxy) is 4. The normalized spacial score (nSPS) is 11.1. The van der Waals surface area contributed by atoms with Crippen LogP contribution < -0.4 is 9.47 Å². The fourth-order valence-electron chi connectivity index (χ4n) is 3.57. The predicted octanol–water partition coefficient (Wildman–Crippen LogP) is 7.08. The van der Waals surface area contributed by atoms with Crippen LogP contribution in [0.3, 0.4) is 0 Å². The van der Waals surface area contributed by atoms with E-state index in [-0.39, 0.29) is 19.8 Å². The lowest BCUT2D eigenvalue weighted by Gasteiger charge is -2.10. The number of rotatable bonds is 19. The topological polar surface area (TPSA) is 54.0 Å². The van der Waals surface area contributed by atoms with Gasteiger partial charge in [-0.2, -0.15) is 8.78 Å². The minimum Gasteiger partial charge on any atom is -0.491 e. The summed E-state index contributed by atoms with van der Waals surface area (Å²) in [5.41, 5.74) is 1.29. The summed E-state index contributed by atoms with van der Waals surface area (Å²) in [6.07, 6.45) is 9.58. The second-order valence-corrected chi connectivity index (χ2v) is 8.71. The van der Waals surface area contributed by atoms with Gasteiger partial charge in [0.1, 0.15) is 12.4 Å². The summed E-state index contributed by atoms with van der Waals surface area (Å²) in [7, 11) is 0. The molecule has 10 heteroatoms. The number of hydrogen-bond acceptors (Lipinski definition) is 5. The minimum absolute atomic E-state index is 0.114. The van der Waals surface area contributed by atoms with E-state index in [4.69, 9.17) is 14.2 Å². The van der Waals surface area contributed by atoms with E-state index in [0.29, 0.717) is 13.2 Å². The lowest BCUT2D eigenvalue weighted by molar-refractivity contribution is -0.136. The third-order valence-corrected chi connectivity index (χ3v) is 5.70. The standard InChI is InChI=1S/C28H35F5O5/c1-2-3-4-5-6-7-8-9-20-10-12-21(13-11-20)37-19-18-36-17-16-35-15-14-22(34)38-28-26(32)24(30)23(29)25(31)27(28)33/h10-13H,2-9,14-19H2,1H3. The van der Waals surface area contributed by atoms with Crippen LogP contribution in [0.5, 0.6) is 11.5 Å². The number of benzene rings is 2. The van der Waals surface area contributed by atoms with Crippen molar-refractivity contribution in [3.05, 3.63) is 58.9 Å². The molecular formula is C28H35F5O5. The number of carbonyl (C=O) groups is 1. The van der Waals surface area contributed by atoms with E-state index in [0.717, 1.165) is 12.2 Å². The SMILES string of the molecule is CCCCCCCCCc1ccc(OCCOCCOCCC(=O)Oc2c(F)c(F)c(F)c(F)c2F)cc1. The molecule has 0 saturated carbocycles. The molecule has 2 aromatic rings. The number of carbonyl (C=O) groups excluding carboxylic acids is 1. The van der Waals surface area contributed by atoms with Gasteiger partial charge in [-0.05, 0) is 30.5 Å². The van der Waals surface area contributed by atoms with Gasteiger partial charge in [-0.1, -0.05) is 57.6 Å². The molecule has 212 valence electrons. The van der Waals surface area contributed by atoms with Crippen LogP contribution in [0.25, 0.3) is 0 Å². The fraction of sp³-hybridized carbons (Fsp3) is 0.536. The van der Waals surface area contributed by atoms with Gasteiger partial charge in [0.15, 0.2) is 0 Å². The van der Waals surface area contributed by atoms with E-state index in [1.807, 2.05) is 12.1 Å². The van der Waals surface area contributed by atoms with E-state index in [9.17, 15) is 26.7 Å². The lowest BCUT2D eigenvalue weighted by Crippen LogP contribution is -2.16. The molecule has 0 heterocycles. The van der Waals surface area contributed by atoms with Crippen LogP contribution in [-0.2, 0) is 20.7 Å². The highest BCUT2D eigenvalue weighted by Gasteiger charge is 2.28. The van der Waals surface area contributed by atoms with E-state index in [1.165, 1.54) is 50.5 Å². The number of aryl methyl sites for hydroxylation is 1. The Balaban J connectivity index is 1.50. The Hall–Kier alpha value is -2.72.